The molecule has 5 rings (SSSR count). The molecular formula is C25H22N4S. The Labute approximate surface area is 181 Å². The van der Waals surface area contributed by atoms with Gasteiger partial charge in [0.25, 0.3) is 0 Å². The van der Waals surface area contributed by atoms with Crippen LogP contribution in [-0.4, -0.2) is 22.3 Å². The summed E-state index contributed by atoms with van der Waals surface area (Å²) in [5, 5.41) is 8.20. The first-order chi connectivity index (χ1) is 14.7. The second-order valence-electron chi connectivity index (χ2n) is 7.21. The highest BCUT2D eigenvalue weighted by Gasteiger charge is 2.54. The molecule has 5 heteroatoms. The van der Waals surface area contributed by atoms with Crippen molar-refractivity contribution in [1.29, 1.82) is 0 Å². The fourth-order valence-corrected chi connectivity index (χ4v) is 5.36. The average molecular weight is 411 g/mol. The molecule has 4 nitrogen and oxygen atoms in total. The van der Waals surface area contributed by atoms with Crippen LogP contribution in [0.5, 0.6) is 0 Å². The largest absolute Gasteiger partial charge is 0.328 e. The molecule has 0 saturated heterocycles. The van der Waals surface area contributed by atoms with E-state index in [4.69, 9.17) is 10.1 Å². The van der Waals surface area contributed by atoms with Crippen molar-refractivity contribution in [1.82, 2.24) is 0 Å². The van der Waals surface area contributed by atoms with Crippen LogP contribution >= 0.6 is 11.8 Å². The van der Waals surface area contributed by atoms with Crippen LogP contribution in [-0.2, 0) is 0 Å². The standard InChI is InChI=1S/C25H22N4S/c1-3-18-28-23-17-11-10-16-22(23)26-19(2)25(28)29(21-14-8-5-9-15-21)27-24(30-25)20-12-6-4-7-13-20/h3-17H,1,18H2,2H3/t25-/m1/s1. The lowest BCUT2D eigenvalue weighted by molar-refractivity contribution is 0.657. The van der Waals surface area contributed by atoms with Gasteiger partial charge in [0, 0.05) is 12.1 Å². The summed E-state index contributed by atoms with van der Waals surface area (Å²) in [6.45, 7) is 6.81. The van der Waals surface area contributed by atoms with E-state index in [1.54, 1.807) is 11.8 Å². The Morgan fingerprint density at radius 2 is 1.60 bits per heavy atom. The Balaban J connectivity index is 1.73. The van der Waals surface area contributed by atoms with Crippen LogP contribution in [0.2, 0.25) is 0 Å². The molecule has 0 unspecified atom stereocenters. The summed E-state index contributed by atoms with van der Waals surface area (Å²) in [7, 11) is 0. The van der Waals surface area contributed by atoms with E-state index in [2.05, 4.69) is 78.0 Å². The van der Waals surface area contributed by atoms with Gasteiger partial charge in [-0.3, -0.25) is 4.99 Å². The van der Waals surface area contributed by atoms with Gasteiger partial charge in [-0.2, -0.15) is 5.10 Å². The third-order valence-electron chi connectivity index (χ3n) is 5.35. The molecule has 0 bridgehead atoms. The zero-order chi connectivity index (χ0) is 20.6. The lowest BCUT2D eigenvalue weighted by Gasteiger charge is -2.48. The van der Waals surface area contributed by atoms with Crippen LogP contribution in [0.15, 0.2) is 108 Å². The van der Waals surface area contributed by atoms with E-state index in [0.717, 1.165) is 33.4 Å². The summed E-state index contributed by atoms with van der Waals surface area (Å²) in [6.07, 6.45) is 1.95. The number of anilines is 2. The van der Waals surface area contributed by atoms with E-state index in [1.165, 1.54) is 0 Å². The molecule has 0 N–H and O–H groups in total. The minimum absolute atomic E-state index is 0.602. The van der Waals surface area contributed by atoms with Crippen molar-refractivity contribution >= 4 is 39.6 Å². The number of rotatable bonds is 4. The first kappa shape index (κ1) is 18.7. The van der Waals surface area contributed by atoms with Crippen molar-refractivity contribution in [2.75, 3.05) is 16.5 Å². The molecule has 0 aromatic heterocycles. The Bertz CT molecular complexity index is 1140. The van der Waals surface area contributed by atoms with E-state index in [-0.39, 0.29) is 0 Å². The molecule has 0 radical (unpaired) electrons. The van der Waals surface area contributed by atoms with Gasteiger partial charge in [-0.05, 0) is 43.0 Å². The number of thioether (sulfide) groups is 1. The number of nitrogens with zero attached hydrogens (tertiary/aromatic N) is 4. The number of hydrogen-bond acceptors (Lipinski definition) is 5. The van der Waals surface area contributed by atoms with Gasteiger partial charge in [-0.1, -0.05) is 66.7 Å². The maximum atomic E-state index is 5.12. The molecule has 30 heavy (non-hydrogen) atoms. The van der Waals surface area contributed by atoms with Gasteiger partial charge in [0.2, 0.25) is 4.99 Å². The van der Waals surface area contributed by atoms with Crippen molar-refractivity contribution in [2.24, 2.45) is 10.1 Å². The maximum Gasteiger partial charge on any atom is 0.227 e. The smallest absolute Gasteiger partial charge is 0.227 e. The van der Waals surface area contributed by atoms with Crippen molar-refractivity contribution in [3.63, 3.8) is 0 Å². The third kappa shape index (κ3) is 2.85. The molecule has 1 spiro atoms. The minimum atomic E-state index is -0.602. The van der Waals surface area contributed by atoms with Crippen LogP contribution in [0, 0.1) is 0 Å². The molecule has 2 heterocycles. The average Bonchev–Trinajstić information content (AvgIpc) is 3.20. The highest BCUT2D eigenvalue weighted by Crippen LogP contribution is 2.51. The summed E-state index contributed by atoms with van der Waals surface area (Å²) in [5.41, 5.74) is 5.18. The monoisotopic (exact) mass is 410 g/mol. The van der Waals surface area contributed by atoms with Gasteiger partial charge < -0.3 is 4.90 Å². The molecule has 2 aliphatic rings. The molecule has 0 amide bonds. The summed E-state index contributed by atoms with van der Waals surface area (Å²) in [4.78, 5) is 6.78. The van der Waals surface area contributed by atoms with Crippen LogP contribution < -0.4 is 9.91 Å². The molecule has 148 valence electrons. The molecule has 0 saturated carbocycles. The van der Waals surface area contributed by atoms with Crippen LogP contribution in [0.1, 0.15) is 12.5 Å². The Morgan fingerprint density at radius 3 is 2.33 bits per heavy atom. The number of hydrogen-bond donors (Lipinski definition) is 0. The predicted octanol–water partition coefficient (Wildman–Crippen LogP) is 6.05. The normalized spacial score (nSPS) is 20.0. The van der Waals surface area contributed by atoms with Crippen molar-refractivity contribution in [2.45, 2.75) is 11.9 Å². The Hall–Kier alpha value is -3.31. The van der Waals surface area contributed by atoms with Crippen LogP contribution in [0.25, 0.3) is 0 Å². The van der Waals surface area contributed by atoms with Gasteiger partial charge >= 0.3 is 0 Å². The zero-order valence-corrected chi connectivity index (χ0v) is 17.6. The van der Waals surface area contributed by atoms with E-state index >= 15 is 0 Å². The van der Waals surface area contributed by atoms with Crippen LogP contribution in [0.4, 0.5) is 17.1 Å². The maximum absolute atomic E-state index is 5.12. The van der Waals surface area contributed by atoms with Crippen molar-refractivity contribution in [3.05, 3.63) is 103 Å². The first-order valence-electron chi connectivity index (χ1n) is 9.95. The van der Waals surface area contributed by atoms with E-state index in [0.29, 0.717) is 6.54 Å². The van der Waals surface area contributed by atoms with Gasteiger partial charge in [0.15, 0.2) is 0 Å². The fraction of sp³-hybridized carbons (Fsp3) is 0.120. The van der Waals surface area contributed by atoms with E-state index in [9.17, 15) is 0 Å². The number of hydrazone groups is 1. The summed E-state index contributed by atoms with van der Waals surface area (Å²) < 4.78 is 0. The molecule has 0 aliphatic carbocycles. The Morgan fingerprint density at radius 1 is 0.933 bits per heavy atom. The quantitative estimate of drug-likeness (QED) is 0.490. The minimum Gasteiger partial charge on any atom is -0.328 e. The molecule has 0 fully saturated rings. The van der Waals surface area contributed by atoms with Crippen LogP contribution in [0.3, 0.4) is 0 Å². The summed E-state index contributed by atoms with van der Waals surface area (Å²) in [5.74, 6) is 0. The van der Waals surface area contributed by atoms with Gasteiger partial charge in [0.1, 0.15) is 5.04 Å². The predicted molar refractivity (Wildman–Crippen MR) is 129 cm³/mol. The Kier molecular flexibility index (Phi) is 4.68. The number of para-hydroxylation sites is 3. The highest BCUT2D eigenvalue weighted by molar-refractivity contribution is 8.16. The molecule has 2 aliphatic heterocycles. The number of benzene rings is 3. The molecule has 3 aromatic rings. The summed E-state index contributed by atoms with van der Waals surface area (Å²) >= 11 is 1.73. The lowest BCUT2D eigenvalue weighted by atomic mass is 10.1. The first-order valence-corrected chi connectivity index (χ1v) is 10.8. The second-order valence-corrected chi connectivity index (χ2v) is 8.37. The summed E-state index contributed by atoms with van der Waals surface area (Å²) in [6, 6.07) is 28.9. The van der Waals surface area contributed by atoms with Crippen molar-refractivity contribution in [3.8, 4) is 0 Å². The van der Waals surface area contributed by atoms with E-state index < -0.39 is 4.99 Å². The van der Waals surface area contributed by atoms with Gasteiger partial charge in [-0.15, -0.1) is 6.58 Å². The van der Waals surface area contributed by atoms with Crippen molar-refractivity contribution < 1.29 is 0 Å². The van der Waals surface area contributed by atoms with Gasteiger partial charge in [-0.25, -0.2) is 5.01 Å². The lowest BCUT2D eigenvalue weighted by Crippen LogP contribution is -2.61. The molecule has 3 aromatic carbocycles. The number of fused-ring (bicyclic) bond motifs is 1. The SMILES string of the molecule is C=CCN1c2ccccc2N=C(C)[C@@]12SC(c1ccccc1)=NN2c1ccccc1. The highest BCUT2D eigenvalue weighted by atomic mass is 32.2. The number of aliphatic imine (C=N–C) groups is 1. The molecular weight excluding hydrogens is 388 g/mol. The van der Waals surface area contributed by atoms with E-state index in [1.807, 2.05) is 36.4 Å². The van der Waals surface area contributed by atoms with Gasteiger partial charge in [0.05, 0.1) is 22.8 Å². The molecule has 1 atom stereocenters. The topological polar surface area (TPSA) is 31.2 Å². The second kappa shape index (κ2) is 7.50. The zero-order valence-electron chi connectivity index (χ0n) is 16.8. The third-order valence-corrected chi connectivity index (χ3v) is 6.83. The fourth-order valence-electron chi connectivity index (χ4n) is 4.00.